The highest BCUT2D eigenvalue weighted by molar-refractivity contribution is 6.05. The van der Waals surface area contributed by atoms with Gasteiger partial charge >= 0.3 is 0 Å². The summed E-state index contributed by atoms with van der Waals surface area (Å²) in [7, 11) is 0. The maximum Gasteiger partial charge on any atom is 0.172 e. The quantitative estimate of drug-likeness (QED) is 0.0722. The number of nitrogens with zero attached hydrogens (tertiary/aromatic N) is 4. The first kappa shape index (κ1) is 33.2. The summed E-state index contributed by atoms with van der Waals surface area (Å²) in [4.78, 5) is 0. The maximum absolute atomic E-state index is 10.7. The van der Waals surface area contributed by atoms with E-state index in [-0.39, 0.29) is 0 Å². The molecule has 242 valence electrons. The third kappa shape index (κ3) is 7.45. The van der Waals surface area contributed by atoms with Gasteiger partial charge in [0.25, 0.3) is 0 Å². The molecule has 0 unspecified atom stereocenters. The molecule has 0 bridgehead atoms. The van der Waals surface area contributed by atoms with Crippen LogP contribution >= 0.6 is 0 Å². The fourth-order valence-electron chi connectivity index (χ4n) is 6.87. The summed E-state index contributed by atoms with van der Waals surface area (Å²) in [6.07, 6.45) is 19.5. The third-order valence-electron chi connectivity index (χ3n) is 9.33. The van der Waals surface area contributed by atoms with Crippen molar-refractivity contribution in [1.29, 1.82) is 10.5 Å². The molecule has 0 aliphatic carbocycles. The molecular weight excluding hydrogens is 568 g/mol. The van der Waals surface area contributed by atoms with Gasteiger partial charge in [0.2, 0.25) is 0 Å². The SMILES string of the molecule is CCCCCCCCCCn1c2ccccc2oc2c(C#N)c3c(oc4ccccc4n3CCCCCCCCCC)c(C#N)c21. The van der Waals surface area contributed by atoms with E-state index in [4.69, 9.17) is 8.83 Å². The van der Waals surface area contributed by atoms with Crippen LogP contribution in [0, 0.1) is 22.7 Å². The normalized spacial score (nSPS) is 11.5. The van der Waals surface area contributed by atoms with Crippen LogP contribution < -0.4 is 0 Å². The monoisotopic (exact) mass is 618 g/mol. The Bertz CT molecular complexity index is 1730. The van der Waals surface area contributed by atoms with Crippen LogP contribution in [0.2, 0.25) is 0 Å². The van der Waals surface area contributed by atoms with Gasteiger partial charge in [0.05, 0.1) is 11.0 Å². The minimum atomic E-state index is 0.425. The highest BCUT2D eigenvalue weighted by Gasteiger charge is 2.25. The average Bonchev–Trinajstić information content (AvgIpc) is 3.08. The second-order valence-corrected chi connectivity index (χ2v) is 12.7. The number of rotatable bonds is 18. The largest absolute Gasteiger partial charge is 0.451 e. The lowest BCUT2D eigenvalue weighted by Gasteiger charge is -2.20. The van der Waals surface area contributed by atoms with Crippen molar-refractivity contribution in [3.63, 3.8) is 0 Å². The minimum Gasteiger partial charge on any atom is -0.451 e. The standard InChI is InChI=1S/C40H50N4O2/c1-3-5-7-9-11-13-15-21-27-43-33-23-17-19-25-35(33)45-39-32(30-42)38-40(31(29-41)37(39)43)46-36-26-20-18-24-34(36)44(38)28-22-16-14-12-10-8-6-4-2/h17-20,23-26H,3-16,21-22,27-28H2,1-2H3. The van der Waals surface area contributed by atoms with Crippen molar-refractivity contribution in [3.8, 4) is 12.1 Å². The zero-order valence-electron chi connectivity index (χ0n) is 28.0. The molecule has 6 nitrogen and oxygen atoms in total. The average molecular weight is 619 g/mol. The maximum atomic E-state index is 10.7. The van der Waals surface area contributed by atoms with Gasteiger partial charge in [-0.15, -0.1) is 0 Å². The molecule has 5 aromatic rings. The van der Waals surface area contributed by atoms with E-state index in [1.54, 1.807) is 0 Å². The Labute approximate surface area is 273 Å². The number of unbranched alkanes of at least 4 members (excludes halogenated alkanes) is 14. The summed E-state index contributed by atoms with van der Waals surface area (Å²) >= 11 is 0. The minimum absolute atomic E-state index is 0.425. The molecule has 0 spiro atoms. The molecule has 2 heterocycles. The van der Waals surface area contributed by atoms with Gasteiger partial charge in [0.15, 0.2) is 22.3 Å². The van der Waals surface area contributed by atoms with Crippen molar-refractivity contribution < 1.29 is 8.83 Å². The number of para-hydroxylation sites is 4. The fourth-order valence-corrected chi connectivity index (χ4v) is 6.87. The molecule has 0 saturated heterocycles. The van der Waals surface area contributed by atoms with Crippen LogP contribution in [0.1, 0.15) is 128 Å². The van der Waals surface area contributed by atoms with E-state index in [2.05, 4.69) is 35.1 Å². The highest BCUT2D eigenvalue weighted by atomic mass is 16.3. The molecule has 2 aromatic heterocycles. The van der Waals surface area contributed by atoms with Crippen LogP contribution in [0.15, 0.2) is 57.4 Å². The van der Waals surface area contributed by atoms with Gasteiger partial charge in [-0.1, -0.05) is 128 Å². The van der Waals surface area contributed by atoms with Gasteiger partial charge in [-0.25, -0.2) is 0 Å². The van der Waals surface area contributed by atoms with E-state index in [1.807, 2.05) is 48.5 Å². The molecule has 3 aromatic carbocycles. The van der Waals surface area contributed by atoms with Gasteiger partial charge in [-0.2, -0.15) is 10.5 Å². The van der Waals surface area contributed by atoms with Gasteiger partial charge in [-0.05, 0) is 37.1 Å². The van der Waals surface area contributed by atoms with Crippen LogP contribution in [0.5, 0.6) is 0 Å². The number of hydrogen-bond acceptors (Lipinski definition) is 4. The van der Waals surface area contributed by atoms with Crippen LogP contribution in [-0.2, 0) is 13.1 Å². The molecule has 0 atom stereocenters. The smallest absolute Gasteiger partial charge is 0.172 e. The molecular formula is C40H50N4O2. The molecule has 0 saturated carbocycles. The van der Waals surface area contributed by atoms with Gasteiger partial charge in [0.1, 0.15) is 34.3 Å². The molecule has 0 aliphatic heterocycles. The van der Waals surface area contributed by atoms with Gasteiger partial charge in [-0.3, -0.25) is 0 Å². The summed E-state index contributed by atoms with van der Waals surface area (Å²) in [6, 6.07) is 20.9. The molecule has 0 N–H and O–H groups in total. The molecule has 0 amide bonds. The Morgan fingerprint density at radius 1 is 0.500 bits per heavy atom. The highest BCUT2D eigenvalue weighted by Crippen LogP contribution is 2.38. The van der Waals surface area contributed by atoms with E-state index >= 15 is 0 Å². The van der Waals surface area contributed by atoms with E-state index < -0.39 is 0 Å². The first-order valence-electron chi connectivity index (χ1n) is 17.9. The Balaban J connectivity index is 1.59. The topological polar surface area (TPSA) is 83.7 Å². The van der Waals surface area contributed by atoms with Crippen molar-refractivity contribution in [2.45, 2.75) is 130 Å². The molecule has 0 radical (unpaired) electrons. The number of aryl methyl sites for hydroxylation is 2. The molecule has 0 fully saturated rings. The van der Waals surface area contributed by atoms with Crippen LogP contribution in [0.25, 0.3) is 44.4 Å². The molecule has 0 aliphatic rings. The summed E-state index contributed by atoms with van der Waals surface area (Å²) < 4.78 is 17.5. The van der Waals surface area contributed by atoms with E-state index in [0.717, 1.165) is 49.8 Å². The number of nitriles is 2. The summed E-state index contributed by atoms with van der Waals surface area (Å²) in [5.74, 6) is 0. The zero-order valence-corrected chi connectivity index (χ0v) is 28.0. The third-order valence-corrected chi connectivity index (χ3v) is 9.33. The lowest BCUT2D eigenvalue weighted by Crippen LogP contribution is -2.10. The lowest BCUT2D eigenvalue weighted by atomic mass is 10.0. The fraction of sp³-hybridized carbons (Fsp3) is 0.500. The number of hydrogen-bond donors (Lipinski definition) is 0. The van der Waals surface area contributed by atoms with Crippen molar-refractivity contribution in [2.24, 2.45) is 0 Å². The predicted molar refractivity (Wildman–Crippen MR) is 189 cm³/mol. The van der Waals surface area contributed by atoms with E-state index in [0.29, 0.717) is 44.5 Å². The first-order valence-corrected chi connectivity index (χ1v) is 17.9. The Hall–Kier alpha value is -4.16. The Kier molecular flexibility index (Phi) is 12.2. The van der Waals surface area contributed by atoms with Crippen molar-refractivity contribution >= 4 is 44.4 Å². The second-order valence-electron chi connectivity index (χ2n) is 12.7. The van der Waals surface area contributed by atoms with E-state index in [9.17, 15) is 10.5 Å². The number of fused-ring (bicyclic) bond motifs is 4. The molecule has 6 heteroatoms. The number of aromatic nitrogens is 2. The van der Waals surface area contributed by atoms with Gasteiger partial charge < -0.3 is 18.0 Å². The number of benzene rings is 3. The first-order chi connectivity index (χ1) is 22.7. The molecule has 46 heavy (non-hydrogen) atoms. The summed E-state index contributed by atoms with van der Waals surface area (Å²) in [5, 5.41) is 21.5. The van der Waals surface area contributed by atoms with E-state index in [1.165, 1.54) is 77.0 Å². The van der Waals surface area contributed by atoms with Crippen LogP contribution in [0.4, 0.5) is 0 Å². The van der Waals surface area contributed by atoms with Crippen molar-refractivity contribution in [1.82, 2.24) is 9.13 Å². The summed E-state index contributed by atoms with van der Waals surface area (Å²) in [5.41, 5.74) is 6.32. The lowest BCUT2D eigenvalue weighted by molar-refractivity contribution is 0.545. The second kappa shape index (κ2) is 17.0. The van der Waals surface area contributed by atoms with Crippen LogP contribution in [0.3, 0.4) is 0 Å². The predicted octanol–water partition coefficient (Wildman–Crippen LogP) is 12.2. The Morgan fingerprint density at radius 2 is 0.848 bits per heavy atom. The van der Waals surface area contributed by atoms with Gasteiger partial charge in [0, 0.05) is 13.1 Å². The van der Waals surface area contributed by atoms with Crippen molar-refractivity contribution in [3.05, 3.63) is 59.7 Å². The van der Waals surface area contributed by atoms with Crippen LogP contribution in [-0.4, -0.2) is 9.13 Å². The summed E-state index contributed by atoms with van der Waals surface area (Å²) in [6.45, 7) is 5.97. The van der Waals surface area contributed by atoms with Crippen molar-refractivity contribution in [2.75, 3.05) is 0 Å². The Morgan fingerprint density at radius 3 is 1.22 bits per heavy atom. The zero-order chi connectivity index (χ0) is 32.1. The molecule has 5 rings (SSSR count).